The fraction of sp³-hybridized carbons (Fsp3) is 0.556. The molecule has 5 nitrogen and oxygen atoms in total. The lowest BCUT2D eigenvalue weighted by molar-refractivity contribution is -0.121. The molecule has 0 saturated carbocycles. The highest BCUT2D eigenvalue weighted by Crippen LogP contribution is 2.34. The van der Waals surface area contributed by atoms with Gasteiger partial charge in [-0.25, -0.2) is 0 Å². The summed E-state index contributed by atoms with van der Waals surface area (Å²) in [7, 11) is 0. The van der Waals surface area contributed by atoms with Crippen LogP contribution in [0.1, 0.15) is 52.4 Å². The quantitative estimate of drug-likeness (QED) is 0.743. The molecule has 0 radical (unpaired) electrons. The summed E-state index contributed by atoms with van der Waals surface area (Å²) < 4.78 is 5.46. The Labute approximate surface area is 138 Å². The summed E-state index contributed by atoms with van der Waals surface area (Å²) >= 11 is 0. The molecule has 0 saturated heterocycles. The first-order chi connectivity index (χ1) is 11.2. The third-order valence-corrected chi connectivity index (χ3v) is 3.89. The number of fused-ring (bicyclic) bond motifs is 1. The molecule has 1 aliphatic rings. The van der Waals surface area contributed by atoms with Crippen molar-refractivity contribution in [2.75, 3.05) is 23.4 Å². The minimum Gasteiger partial charge on any atom is -0.482 e. The van der Waals surface area contributed by atoms with Crippen LogP contribution in [0, 0.1) is 0 Å². The average Bonchev–Trinajstić information content (AvgIpc) is 2.54. The predicted octanol–water partition coefficient (Wildman–Crippen LogP) is 3.73. The summed E-state index contributed by atoms with van der Waals surface area (Å²) in [5.41, 5.74) is 1.45. The molecule has 0 unspecified atom stereocenters. The van der Waals surface area contributed by atoms with Crippen molar-refractivity contribution in [3.63, 3.8) is 0 Å². The third kappa shape index (κ3) is 4.71. The molecule has 126 valence electrons. The van der Waals surface area contributed by atoms with Gasteiger partial charge in [0.2, 0.25) is 5.91 Å². The number of hydrogen-bond donors (Lipinski definition) is 1. The highest BCUT2D eigenvalue weighted by atomic mass is 16.5. The van der Waals surface area contributed by atoms with E-state index in [1.807, 2.05) is 25.1 Å². The van der Waals surface area contributed by atoms with E-state index in [0.717, 1.165) is 37.8 Å². The molecule has 0 aromatic heterocycles. The van der Waals surface area contributed by atoms with Gasteiger partial charge in [-0.15, -0.1) is 0 Å². The molecule has 1 heterocycles. The molecular formula is C18H26N2O3. The molecule has 0 fully saturated rings. The van der Waals surface area contributed by atoms with Crippen molar-refractivity contribution in [2.24, 2.45) is 0 Å². The molecule has 1 N–H and O–H groups in total. The number of carbonyl (C=O) groups is 2. The lowest BCUT2D eigenvalue weighted by atomic mass is 10.1. The normalized spacial score (nSPS) is 13.5. The van der Waals surface area contributed by atoms with Gasteiger partial charge in [0.05, 0.1) is 5.69 Å². The molecule has 0 bridgehead atoms. The maximum atomic E-state index is 12.0. The monoisotopic (exact) mass is 318 g/mol. The van der Waals surface area contributed by atoms with Crippen LogP contribution < -0.4 is 15.0 Å². The van der Waals surface area contributed by atoms with E-state index in [0.29, 0.717) is 24.4 Å². The third-order valence-electron chi connectivity index (χ3n) is 3.89. The number of rotatable bonds is 8. The number of unbranched alkanes of at least 4 members (excludes halogenated alkanes) is 3. The van der Waals surface area contributed by atoms with Crippen molar-refractivity contribution in [1.29, 1.82) is 0 Å². The van der Waals surface area contributed by atoms with Gasteiger partial charge in [0.1, 0.15) is 5.75 Å². The van der Waals surface area contributed by atoms with Gasteiger partial charge in [-0.05, 0) is 31.0 Å². The van der Waals surface area contributed by atoms with E-state index in [-0.39, 0.29) is 18.4 Å². The zero-order chi connectivity index (χ0) is 16.7. The van der Waals surface area contributed by atoms with E-state index < -0.39 is 0 Å². The van der Waals surface area contributed by atoms with E-state index in [2.05, 4.69) is 12.2 Å². The second-order valence-electron chi connectivity index (χ2n) is 5.88. The minimum absolute atomic E-state index is 0.0196. The maximum Gasteiger partial charge on any atom is 0.265 e. The first-order valence-corrected chi connectivity index (χ1v) is 8.52. The number of carbonyl (C=O) groups excluding carboxylic acids is 2. The number of ether oxygens (including phenoxy) is 1. The zero-order valence-electron chi connectivity index (χ0n) is 14.1. The Bertz CT molecular complexity index is 557. The molecule has 1 aromatic rings. The standard InChI is InChI=1S/C18H26N2O3/c1-3-5-6-7-8-17(21)19-14-9-10-16-15(12-14)20(11-4-2)18(22)13-23-16/h9-10,12H,3-8,11,13H2,1-2H3,(H,19,21). The Hall–Kier alpha value is -2.04. The van der Waals surface area contributed by atoms with E-state index >= 15 is 0 Å². The number of benzene rings is 1. The maximum absolute atomic E-state index is 12.0. The van der Waals surface area contributed by atoms with Crippen LogP contribution in [0.5, 0.6) is 5.75 Å². The SMILES string of the molecule is CCCCCCC(=O)Nc1ccc2c(c1)N(CCC)C(=O)CO2. The van der Waals surface area contributed by atoms with E-state index in [1.165, 1.54) is 0 Å². The van der Waals surface area contributed by atoms with E-state index in [1.54, 1.807) is 4.90 Å². The fourth-order valence-corrected chi connectivity index (χ4v) is 2.68. The first kappa shape index (κ1) is 17.3. The van der Waals surface area contributed by atoms with Gasteiger partial charge < -0.3 is 15.0 Å². The summed E-state index contributed by atoms with van der Waals surface area (Å²) in [6.45, 7) is 4.92. The molecule has 1 aromatic carbocycles. The Balaban J connectivity index is 2.01. The molecule has 0 spiro atoms. The van der Waals surface area contributed by atoms with Crippen molar-refractivity contribution < 1.29 is 14.3 Å². The van der Waals surface area contributed by atoms with E-state index in [9.17, 15) is 9.59 Å². The number of anilines is 2. The summed E-state index contributed by atoms with van der Waals surface area (Å²) in [6, 6.07) is 5.46. The van der Waals surface area contributed by atoms with Gasteiger partial charge in [0.25, 0.3) is 5.91 Å². The van der Waals surface area contributed by atoms with Crippen LogP contribution >= 0.6 is 0 Å². The zero-order valence-corrected chi connectivity index (χ0v) is 14.1. The predicted molar refractivity (Wildman–Crippen MR) is 92.0 cm³/mol. The van der Waals surface area contributed by atoms with Crippen LogP contribution in [0.4, 0.5) is 11.4 Å². The molecule has 2 rings (SSSR count). The number of amides is 2. The van der Waals surface area contributed by atoms with E-state index in [4.69, 9.17) is 4.74 Å². The summed E-state index contributed by atoms with van der Waals surface area (Å²) in [4.78, 5) is 25.7. The number of nitrogens with one attached hydrogen (secondary N) is 1. The lowest BCUT2D eigenvalue weighted by Crippen LogP contribution is -2.39. The Morgan fingerprint density at radius 2 is 2.04 bits per heavy atom. The van der Waals surface area contributed by atoms with Crippen LogP contribution in [0.3, 0.4) is 0 Å². The largest absolute Gasteiger partial charge is 0.482 e. The Morgan fingerprint density at radius 3 is 2.78 bits per heavy atom. The first-order valence-electron chi connectivity index (χ1n) is 8.52. The topological polar surface area (TPSA) is 58.6 Å². The smallest absolute Gasteiger partial charge is 0.265 e. The van der Waals surface area contributed by atoms with Crippen LogP contribution in [0.2, 0.25) is 0 Å². The van der Waals surface area contributed by atoms with Crippen molar-refractivity contribution in [2.45, 2.75) is 52.4 Å². The molecule has 0 atom stereocenters. The van der Waals surface area contributed by atoms with Crippen LogP contribution in [0.25, 0.3) is 0 Å². The minimum atomic E-state index is -0.0395. The van der Waals surface area contributed by atoms with Crippen molar-refractivity contribution in [1.82, 2.24) is 0 Å². The number of nitrogens with zero attached hydrogens (tertiary/aromatic N) is 1. The summed E-state index contributed by atoms with van der Waals surface area (Å²) in [5.74, 6) is 0.674. The second kappa shape index (κ2) is 8.56. The lowest BCUT2D eigenvalue weighted by Gasteiger charge is -2.29. The van der Waals surface area contributed by atoms with Gasteiger partial charge in [-0.2, -0.15) is 0 Å². The van der Waals surface area contributed by atoms with Gasteiger partial charge in [-0.1, -0.05) is 33.1 Å². The fourth-order valence-electron chi connectivity index (χ4n) is 2.68. The molecule has 0 aliphatic carbocycles. The molecule has 1 aliphatic heterocycles. The van der Waals surface area contributed by atoms with Crippen LogP contribution in [-0.4, -0.2) is 25.0 Å². The van der Waals surface area contributed by atoms with Crippen molar-refractivity contribution >= 4 is 23.2 Å². The average molecular weight is 318 g/mol. The van der Waals surface area contributed by atoms with Gasteiger partial charge in [0.15, 0.2) is 6.61 Å². The van der Waals surface area contributed by atoms with Gasteiger partial charge >= 0.3 is 0 Å². The van der Waals surface area contributed by atoms with Crippen LogP contribution in [-0.2, 0) is 9.59 Å². The summed E-state index contributed by atoms with van der Waals surface area (Å²) in [5, 5.41) is 2.91. The van der Waals surface area contributed by atoms with Gasteiger partial charge in [-0.3, -0.25) is 9.59 Å². The molecule has 23 heavy (non-hydrogen) atoms. The number of hydrogen-bond acceptors (Lipinski definition) is 3. The molecular weight excluding hydrogens is 292 g/mol. The Morgan fingerprint density at radius 1 is 1.22 bits per heavy atom. The van der Waals surface area contributed by atoms with Crippen molar-refractivity contribution in [3.8, 4) is 5.75 Å². The van der Waals surface area contributed by atoms with Gasteiger partial charge in [0, 0.05) is 18.7 Å². The Kier molecular flexibility index (Phi) is 6.44. The van der Waals surface area contributed by atoms with Crippen molar-refractivity contribution in [3.05, 3.63) is 18.2 Å². The molecule has 2 amide bonds. The summed E-state index contributed by atoms with van der Waals surface area (Å²) in [6.07, 6.45) is 5.73. The van der Waals surface area contributed by atoms with Crippen LogP contribution in [0.15, 0.2) is 18.2 Å². The second-order valence-corrected chi connectivity index (χ2v) is 5.88. The highest BCUT2D eigenvalue weighted by molar-refractivity contribution is 5.99. The molecule has 5 heteroatoms. The highest BCUT2D eigenvalue weighted by Gasteiger charge is 2.25.